The quantitative estimate of drug-likeness (QED) is 0.0505. The molecule has 0 aliphatic carbocycles. The van der Waals surface area contributed by atoms with Gasteiger partial charge in [0.2, 0.25) is 53.2 Å². The number of fused-ring (bicyclic) bond motifs is 3. The molecule has 0 radical (unpaired) electrons. The molecule has 12 N–H and O–H groups in total. The van der Waals surface area contributed by atoms with Crippen molar-refractivity contribution in [3.63, 3.8) is 0 Å². The minimum absolute atomic E-state index is 0.000266. The van der Waals surface area contributed by atoms with E-state index in [2.05, 4.69) is 36.9 Å². The third-order valence-corrected chi connectivity index (χ3v) is 13.7. The van der Waals surface area contributed by atoms with Crippen LogP contribution in [0.4, 0.5) is 0 Å². The van der Waals surface area contributed by atoms with Crippen LogP contribution >= 0.6 is 0 Å². The molecule has 21 heteroatoms. The molecular weight excluding hydrogens is 961 g/mol. The highest BCUT2D eigenvalue weighted by atomic mass is 16.2. The lowest BCUT2D eigenvalue weighted by atomic mass is 9.99. The van der Waals surface area contributed by atoms with Crippen LogP contribution in [0.3, 0.4) is 0 Å². The van der Waals surface area contributed by atoms with E-state index in [1.807, 2.05) is 36.4 Å². The normalized spacial score (nSPS) is 24.6. The Morgan fingerprint density at radius 3 is 1.63 bits per heavy atom. The number of hydrogen-bond donors (Lipinski definition) is 9. The SMILES string of the molecule is C[C@@H]1NC(=O)[C@H](CC(N)=O)NC(=O)[C@H](Cc2ccccc2)NC(=O)C(Cc2ccc3ccccc3c2)NC(=O)[C@H](CCCN=C(N)N)NC(=O)[C@@H]2CCCN2C(=O)[C@H]2CCCN2C(=O)[C@H](Cc2ccccc2)NC1=O. The van der Waals surface area contributed by atoms with E-state index in [1.165, 1.54) is 16.7 Å². The Kier molecular flexibility index (Phi) is 18.5. The molecule has 4 aromatic rings. The van der Waals surface area contributed by atoms with Crippen molar-refractivity contribution in [2.24, 2.45) is 22.2 Å². The summed E-state index contributed by atoms with van der Waals surface area (Å²) in [7, 11) is 0. The van der Waals surface area contributed by atoms with E-state index in [4.69, 9.17) is 17.2 Å². The van der Waals surface area contributed by atoms with E-state index < -0.39 is 108 Å². The van der Waals surface area contributed by atoms with Crippen LogP contribution < -0.4 is 49.1 Å². The van der Waals surface area contributed by atoms with E-state index in [-0.39, 0.29) is 70.5 Å². The van der Waals surface area contributed by atoms with Crippen molar-refractivity contribution in [2.75, 3.05) is 19.6 Å². The molecular formula is C54H66N12O9. The Bertz CT molecular complexity index is 2770. The average molecular weight is 1030 g/mol. The highest BCUT2D eigenvalue weighted by Crippen LogP contribution is 2.27. The van der Waals surface area contributed by atoms with Crippen LogP contribution in [0.15, 0.2) is 108 Å². The van der Waals surface area contributed by atoms with Crippen molar-refractivity contribution >= 4 is 69.9 Å². The summed E-state index contributed by atoms with van der Waals surface area (Å²) in [5.41, 5.74) is 18.7. The number of carbonyl (C=O) groups excluding carboxylic acids is 9. The van der Waals surface area contributed by atoms with E-state index in [9.17, 15) is 43.2 Å². The maximum absolute atomic E-state index is 14.8. The lowest BCUT2D eigenvalue weighted by Gasteiger charge is -2.33. The molecule has 0 spiro atoms. The molecule has 396 valence electrons. The number of carbonyl (C=O) groups is 9. The highest BCUT2D eigenvalue weighted by Gasteiger charge is 2.45. The Labute approximate surface area is 434 Å². The molecule has 3 fully saturated rings. The van der Waals surface area contributed by atoms with Gasteiger partial charge in [0.05, 0.1) is 6.42 Å². The largest absolute Gasteiger partial charge is 0.370 e. The summed E-state index contributed by atoms with van der Waals surface area (Å²) in [4.78, 5) is 135. The van der Waals surface area contributed by atoms with E-state index in [0.717, 1.165) is 10.8 Å². The number of benzene rings is 4. The van der Waals surface area contributed by atoms with Gasteiger partial charge < -0.3 is 58.9 Å². The third-order valence-electron chi connectivity index (χ3n) is 13.7. The number of amides is 9. The lowest BCUT2D eigenvalue weighted by Crippen LogP contribution is -2.61. The second kappa shape index (κ2) is 25.5. The predicted molar refractivity (Wildman–Crippen MR) is 278 cm³/mol. The first kappa shape index (κ1) is 54.4. The van der Waals surface area contributed by atoms with Gasteiger partial charge in [0.15, 0.2) is 5.96 Å². The predicted octanol–water partition coefficient (Wildman–Crippen LogP) is -0.279. The van der Waals surface area contributed by atoms with Gasteiger partial charge in [0.25, 0.3) is 0 Å². The number of nitrogens with two attached hydrogens (primary N) is 3. The molecule has 3 heterocycles. The van der Waals surface area contributed by atoms with Crippen molar-refractivity contribution in [3.05, 3.63) is 120 Å². The summed E-state index contributed by atoms with van der Waals surface area (Å²) in [6, 6.07) is 20.4. The Morgan fingerprint density at radius 2 is 1.01 bits per heavy atom. The Hall–Kier alpha value is -8.36. The van der Waals surface area contributed by atoms with Gasteiger partial charge in [0, 0.05) is 38.9 Å². The molecule has 1 unspecified atom stereocenters. The van der Waals surface area contributed by atoms with Crippen LogP contribution in [0.25, 0.3) is 10.8 Å². The molecule has 21 nitrogen and oxygen atoms in total. The number of hydrogen-bond acceptors (Lipinski definition) is 10. The summed E-state index contributed by atoms with van der Waals surface area (Å²) in [6.45, 7) is 1.83. The van der Waals surface area contributed by atoms with Gasteiger partial charge in [-0.15, -0.1) is 0 Å². The zero-order valence-corrected chi connectivity index (χ0v) is 41.9. The maximum atomic E-state index is 14.8. The van der Waals surface area contributed by atoms with Crippen molar-refractivity contribution in [1.29, 1.82) is 0 Å². The van der Waals surface area contributed by atoms with E-state index in [0.29, 0.717) is 29.5 Å². The summed E-state index contributed by atoms with van der Waals surface area (Å²) in [5.74, 6) is -7.00. The fourth-order valence-corrected chi connectivity index (χ4v) is 9.85. The van der Waals surface area contributed by atoms with Crippen molar-refractivity contribution in [1.82, 2.24) is 41.7 Å². The number of nitrogens with zero attached hydrogens (tertiary/aromatic N) is 3. The second-order valence-electron chi connectivity index (χ2n) is 19.3. The third kappa shape index (κ3) is 14.7. The van der Waals surface area contributed by atoms with Crippen LogP contribution in [0, 0.1) is 0 Å². The van der Waals surface area contributed by atoms with Crippen molar-refractivity contribution in [2.45, 2.75) is 119 Å². The monoisotopic (exact) mass is 1030 g/mol. The van der Waals surface area contributed by atoms with Gasteiger partial charge in [-0.1, -0.05) is 103 Å². The molecule has 0 saturated carbocycles. The first-order valence-corrected chi connectivity index (χ1v) is 25.4. The lowest BCUT2D eigenvalue weighted by molar-refractivity contribution is -0.148. The molecule has 3 saturated heterocycles. The van der Waals surface area contributed by atoms with Gasteiger partial charge in [0.1, 0.15) is 48.3 Å². The van der Waals surface area contributed by atoms with E-state index >= 15 is 0 Å². The highest BCUT2D eigenvalue weighted by molar-refractivity contribution is 6.00. The first-order valence-electron chi connectivity index (χ1n) is 25.4. The topological polar surface area (TPSA) is 323 Å². The number of aliphatic imine (C=N–C) groups is 1. The number of guanidine groups is 1. The summed E-state index contributed by atoms with van der Waals surface area (Å²) in [5, 5.41) is 18.1. The van der Waals surface area contributed by atoms with Gasteiger partial charge in [-0.3, -0.25) is 48.1 Å². The zero-order valence-electron chi connectivity index (χ0n) is 41.9. The fourth-order valence-electron chi connectivity index (χ4n) is 9.85. The molecule has 3 aliphatic heterocycles. The summed E-state index contributed by atoms with van der Waals surface area (Å²) in [6.07, 6.45) is 0.770. The van der Waals surface area contributed by atoms with E-state index in [1.54, 1.807) is 66.7 Å². The number of nitrogens with one attached hydrogen (secondary N) is 6. The molecule has 0 aromatic heterocycles. The van der Waals surface area contributed by atoms with Crippen LogP contribution in [-0.2, 0) is 62.4 Å². The van der Waals surface area contributed by atoms with Crippen LogP contribution in [0.1, 0.15) is 68.6 Å². The number of primary amides is 1. The standard InChI is InChI=1S/C54H66N12O9/c1-32-46(68)64-42(29-34-15-6-3-7-16-34)52(74)66-26-12-21-44(66)53(75)65-25-11-20-43(65)51(73)60-38(19-10-24-58-54(56)57)47(69)61-40(30-35-22-23-36-17-8-9-18-37(36)27-35)50(72)62-39(28-33-13-4-2-5-14-33)49(71)63-41(31-45(55)67)48(70)59-32/h2-9,13-18,22-23,27,32,38-44H,10-12,19-21,24-26,28-31H2,1H3,(H2,55,67)(H,59,70)(H,60,73)(H,61,69)(H,62,72)(H,63,71)(H,64,68)(H4,56,57,58)/t32-,38-,39-,40?,41-,42-,43-,44+/m0/s1. The molecule has 9 amide bonds. The van der Waals surface area contributed by atoms with Crippen LogP contribution in [0.5, 0.6) is 0 Å². The Morgan fingerprint density at radius 1 is 0.520 bits per heavy atom. The number of rotatable bonds is 12. The maximum Gasteiger partial charge on any atom is 0.246 e. The average Bonchev–Trinajstić information content (AvgIpc) is 4.10. The second-order valence-corrected chi connectivity index (χ2v) is 19.3. The smallest absolute Gasteiger partial charge is 0.246 e. The first-order chi connectivity index (χ1) is 36.0. The molecule has 0 bridgehead atoms. The van der Waals surface area contributed by atoms with Gasteiger partial charge in [-0.05, 0) is 72.9 Å². The van der Waals surface area contributed by atoms with Crippen LogP contribution in [-0.4, -0.2) is 137 Å². The molecule has 3 aliphatic rings. The molecule has 8 atom stereocenters. The van der Waals surface area contributed by atoms with Crippen molar-refractivity contribution < 1.29 is 43.2 Å². The summed E-state index contributed by atoms with van der Waals surface area (Å²) >= 11 is 0. The van der Waals surface area contributed by atoms with Gasteiger partial charge in [-0.25, -0.2) is 0 Å². The molecule has 7 rings (SSSR count). The van der Waals surface area contributed by atoms with Gasteiger partial charge >= 0.3 is 0 Å². The summed E-state index contributed by atoms with van der Waals surface area (Å²) < 4.78 is 0. The van der Waals surface area contributed by atoms with Gasteiger partial charge in [-0.2, -0.15) is 0 Å². The molecule has 75 heavy (non-hydrogen) atoms. The Balaban J connectivity index is 1.27. The minimum atomic E-state index is -1.64. The fraction of sp³-hybridized carbons (Fsp3) is 0.407. The van der Waals surface area contributed by atoms with Crippen molar-refractivity contribution in [3.8, 4) is 0 Å². The zero-order chi connectivity index (χ0) is 53.6. The van der Waals surface area contributed by atoms with Crippen LogP contribution in [0.2, 0.25) is 0 Å². The minimum Gasteiger partial charge on any atom is -0.370 e. The molecule has 4 aromatic carbocycles.